The monoisotopic (exact) mass is 955 g/mol. The standard InChI is InChI=1S/C72H45NS/c1-3-60-61(42-43(2)48-38-40-58-66-49(48)34-20-36-56(66)68-62(44-22-8-4-9-23-44)50-30-16-18-32-52(50)64(70(58)68)46-26-12-6-13-27-46)74-72(73-60)55-39-41-59-67-54(55)35-21-37-57(67)69-63(45-24-10-5-11-25-45)51-31-17-19-33-53(51)65(71(59)69)47-28-14-7-15-29-47/h3-42H,2H2,1H3/b60-3+,61-42+. The van der Waals surface area contributed by atoms with Crippen LogP contribution in [0.4, 0.5) is 0 Å². The molecule has 344 valence electrons. The minimum absolute atomic E-state index is 0.962. The van der Waals surface area contributed by atoms with Crippen molar-refractivity contribution in [2.45, 2.75) is 6.92 Å². The topological polar surface area (TPSA) is 12.9 Å². The molecule has 2 aliphatic rings. The lowest BCUT2D eigenvalue weighted by atomic mass is 9.82. The van der Waals surface area contributed by atoms with E-state index in [1.165, 1.54) is 132 Å². The van der Waals surface area contributed by atoms with Crippen LogP contribution in [-0.2, 0) is 0 Å². The molecule has 1 nitrogen and oxygen atoms in total. The van der Waals surface area contributed by atoms with Gasteiger partial charge in [0.2, 0.25) is 0 Å². The highest BCUT2D eigenvalue weighted by Gasteiger charge is 2.33. The minimum Gasteiger partial charge on any atom is -0.236 e. The second kappa shape index (κ2) is 16.7. The van der Waals surface area contributed by atoms with E-state index in [-0.39, 0.29) is 0 Å². The van der Waals surface area contributed by atoms with Crippen molar-refractivity contribution in [2.75, 3.05) is 0 Å². The summed E-state index contributed by atoms with van der Waals surface area (Å²) in [5, 5.41) is 12.0. The van der Waals surface area contributed by atoms with Crippen molar-refractivity contribution in [2.24, 2.45) is 0 Å². The van der Waals surface area contributed by atoms with Crippen molar-refractivity contribution in [3.8, 4) is 99.6 Å². The van der Waals surface area contributed by atoms with Crippen molar-refractivity contribution >= 4 is 72.2 Å². The van der Waals surface area contributed by atoms with Gasteiger partial charge in [-0.2, -0.15) is 0 Å². The number of hydrogen-bond donors (Lipinski definition) is 0. The van der Waals surface area contributed by atoms with Gasteiger partial charge in [-0.25, -0.2) is 4.98 Å². The van der Waals surface area contributed by atoms with Gasteiger partial charge >= 0.3 is 0 Å². The maximum Gasteiger partial charge on any atom is 0.125 e. The third kappa shape index (κ3) is 6.19. The molecule has 12 aromatic carbocycles. The lowest BCUT2D eigenvalue weighted by Crippen LogP contribution is -2.20. The molecule has 0 saturated heterocycles. The molecular formula is C72H45NS. The highest BCUT2D eigenvalue weighted by Crippen LogP contribution is 2.60. The fourth-order valence-electron chi connectivity index (χ4n) is 12.7. The van der Waals surface area contributed by atoms with Crippen molar-refractivity contribution < 1.29 is 0 Å². The maximum atomic E-state index is 5.42. The molecule has 0 saturated carbocycles. The Kier molecular flexibility index (Phi) is 9.57. The number of allylic oxidation sites excluding steroid dienone is 1. The summed E-state index contributed by atoms with van der Waals surface area (Å²) in [4.78, 5) is 5.42. The number of hydrogen-bond acceptors (Lipinski definition) is 2. The Hall–Kier alpha value is -9.21. The van der Waals surface area contributed by atoms with E-state index in [1.807, 2.05) is 0 Å². The fraction of sp³-hybridized carbons (Fsp3) is 0.0139. The van der Waals surface area contributed by atoms with Gasteiger partial charge in [0, 0.05) is 5.56 Å². The SMILES string of the molecule is C=C(/C=c1/sc(-c2ccc3c4c(cccc24)-c2c-3c(-c3ccccc3)c3ccccc3c2-c2ccccc2)n/c1=C/C)c1ccc2c3c(cccc13)-c1c-2c(-c2ccccc2)c2ccccc2c1-c1ccccc1. The molecule has 0 unspecified atom stereocenters. The van der Waals surface area contributed by atoms with Gasteiger partial charge in [0.25, 0.3) is 0 Å². The number of thiazole rings is 1. The molecule has 2 heteroatoms. The van der Waals surface area contributed by atoms with Crippen LogP contribution in [0.3, 0.4) is 0 Å². The second-order valence-corrected chi connectivity index (χ2v) is 20.6. The summed E-state index contributed by atoms with van der Waals surface area (Å²) in [6, 6.07) is 84.8. The van der Waals surface area contributed by atoms with Crippen molar-refractivity contribution in [1.82, 2.24) is 4.98 Å². The summed E-state index contributed by atoms with van der Waals surface area (Å²) in [6.07, 6.45) is 4.41. The van der Waals surface area contributed by atoms with Gasteiger partial charge in [0.15, 0.2) is 0 Å². The van der Waals surface area contributed by atoms with Crippen LogP contribution < -0.4 is 9.88 Å². The normalized spacial score (nSPS) is 12.6. The van der Waals surface area contributed by atoms with E-state index in [1.54, 1.807) is 11.3 Å². The summed E-state index contributed by atoms with van der Waals surface area (Å²) in [5.74, 6) is 0. The van der Waals surface area contributed by atoms with Gasteiger partial charge in [-0.15, -0.1) is 11.3 Å². The predicted octanol–water partition coefficient (Wildman–Crippen LogP) is 18.7. The lowest BCUT2D eigenvalue weighted by molar-refractivity contribution is 1.31. The number of nitrogens with zero attached hydrogens (tertiary/aromatic N) is 1. The third-order valence-corrected chi connectivity index (χ3v) is 16.7. The summed E-state index contributed by atoms with van der Waals surface area (Å²) < 4.78 is 1.10. The average molecular weight is 956 g/mol. The first-order valence-corrected chi connectivity index (χ1v) is 26.3. The Bertz CT molecular complexity index is 4460. The Balaban J connectivity index is 0.899. The zero-order valence-corrected chi connectivity index (χ0v) is 41.5. The van der Waals surface area contributed by atoms with E-state index in [2.05, 4.69) is 250 Å². The molecule has 0 N–H and O–H groups in total. The molecule has 15 rings (SSSR count). The molecule has 0 fully saturated rings. The molecule has 2 aliphatic carbocycles. The Labute approximate surface area is 433 Å². The van der Waals surface area contributed by atoms with E-state index in [0.29, 0.717) is 0 Å². The van der Waals surface area contributed by atoms with Crippen LogP contribution in [0.2, 0.25) is 0 Å². The smallest absolute Gasteiger partial charge is 0.125 e. The first-order valence-electron chi connectivity index (χ1n) is 25.5. The molecule has 74 heavy (non-hydrogen) atoms. The van der Waals surface area contributed by atoms with Gasteiger partial charge in [-0.05, 0) is 156 Å². The van der Waals surface area contributed by atoms with Crippen LogP contribution in [0.15, 0.2) is 237 Å². The van der Waals surface area contributed by atoms with E-state index in [9.17, 15) is 0 Å². The predicted molar refractivity (Wildman–Crippen MR) is 318 cm³/mol. The molecule has 0 radical (unpaired) electrons. The summed E-state index contributed by atoms with van der Waals surface area (Å²) in [7, 11) is 0. The fourth-order valence-corrected chi connectivity index (χ4v) is 13.8. The van der Waals surface area contributed by atoms with Crippen LogP contribution in [-0.4, -0.2) is 4.98 Å². The maximum absolute atomic E-state index is 5.42. The molecule has 0 atom stereocenters. The van der Waals surface area contributed by atoms with Crippen molar-refractivity contribution in [3.05, 3.63) is 253 Å². The number of fused-ring (bicyclic) bond motifs is 8. The second-order valence-electron chi connectivity index (χ2n) is 19.6. The van der Waals surface area contributed by atoms with E-state index in [0.717, 1.165) is 31.6 Å². The third-order valence-electron chi connectivity index (χ3n) is 15.7. The van der Waals surface area contributed by atoms with E-state index >= 15 is 0 Å². The first-order chi connectivity index (χ1) is 36.6. The van der Waals surface area contributed by atoms with Gasteiger partial charge in [-0.3, -0.25) is 0 Å². The molecule has 1 heterocycles. The van der Waals surface area contributed by atoms with Crippen LogP contribution in [0, 0.1) is 0 Å². The molecule has 0 aliphatic heterocycles. The molecule has 0 amide bonds. The summed E-state index contributed by atoms with van der Waals surface area (Å²) >= 11 is 1.75. The zero-order valence-electron chi connectivity index (χ0n) is 40.7. The Morgan fingerprint density at radius 1 is 0.351 bits per heavy atom. The average Bonchev–Trinajstić information content (AvgIpc) is 4.14. The Morgan fingerprint density at radius 2 is 0.703 bits per heavy atom. The highest BCUT2D eigenvalue weighted by atomic mass is 32.1. The largest absolute Gasteiger partial charge is 0.236 e. The van der Waals surface area contributed by atoms with Crippen molar-refractivity contribution in [3.63, 3.8) is 0 Å². The van der Waals surface area contributed by atoms with E-state index < -0.39 is 0 Å². The van der Waals surface area contributed by atoms with Crippen LogP contribution >= 0.6 is 11.3 Å². The van der Waals surface area contributed by atoms with Gasteiger partial charge in [0.05, 0.1) is 9.88 Å². The van der Waals surface area contributed by atoms with Gasteiger partial charge in [0.1, 0.15) is 5.01 Å². The zero-order chi connectivity index (χ0) is 49.0. The molecule has 1 aromatic heterocycles. The minimum atomic E-state index is 0.962. The van der Waals surface area contributed by atoms with E-state index in [4.69, 9.17) is 11.6 Å². The van der Waals surface area contributed by atoms with Gasteiger partial charge < -0.3 is 0 Å². The molecule has 0 spiro atoms. The molecule has 0 bridgehead atoms. The lowest BCUT2D eigenvalue weighted by Gasteiger charge is -2.20. The van der Waals surface area contributed by atoms with Gasteiger partial charge in [-0.1, -0.05) is 243 Å². The Morgan fingerprint density at radius 3 is 1.14 bits per heavy atom. The molecular weight excluding hydrogens is 911 g/mol. The number of rotatable bonds is 7. The first kappa shape index (κ1) is 42.5. The highest BCUT2D eigenvalue weighted by molar-refractivity contribution is 7.13. The summed E-state index contributed by atoms with van der Waals surface area (Å²) in [5.41, 5.74) is 23.5. The molecule has 13 aromatic rings. The van der Waals surface area contributed by atoms with Crippen LogP contribution in [0.5, 0.6) is 0 Å². The van der Waals surface area contributed by atoms with Crippen LogP contribution in [0.1, 0.15) is 12.5 Å². The number of aromatic nitrogens is 1. The van der Waals surface area contributed by atoms with Crippen LogP contribution in [0.25, 0.3) is 160 Å². The number of benzene rings is 12. The van der Waals surface area contributed by atoms with Crippen molar-refractivity contribution in [1.29, 1.82) is 0 Å². The quantitative estimate of drug-likeness (QED) is 0.155. The summed E-state index contributed by atoms with van der Waals surface area (Å²) in [6.45, 7) is 6.93.